The number of nitrogens with zero attached hydrogens (tertiary/aromatic N) is 2. The van der Waals surface area contributed by atoms with Crippen LogP contribution in [0.1, 0.15) is 30.1 Å². The van der Waals surface area contributed by atoms with Gasteiger partial charge in [-0.1, -0.05) is 13.3 Å². The van der Waals surface area contributed by atoms with Crippen molar-refractivity contribution in [3.05, 3.63) is 23.8 Å². The molecule has 0 aromatic heterocycles. The van der Waals surface area contributed by atoms with Gasteiger partial charge >= 0.3 is 0 Å². The van der Waals surface area contributed by atoms with Gasteiger partial charge in [-0.15, -0.1) is 11.8 Å². The normalized spacial score (nSPS) is 13.8. The van der Waals surface area contributed by atoms with Crippen LogP contribution in [0.5, 0.6) is 0 Å². The minimum Gasteiger partial charge on any atom is -0.370 e. The monoisotopic (exact) mass is 306 g/mol. The van der Waals surface area contributed by atoms with E-state index in [-0.39, 0.29) is 11.9 Å². The molecule has 1 aliphatic rings. The van der Waals surface area contributed by atoms with Gasteiger partial charge in [-0.25, -0.2) is 0 Å². The van der Waals surface area contributed by atoms with Gasteiger partial charge in [0, 0.05) is 17.0 Å². The van der Waals surface area contributed by atoms with Gasteiger partial charge in [0.1, 0.15) is 0 Å². The Hall–Kier alpha value is -2.02. The van der Waals surface area contributed by atoms with Gasteiger partial charge in [0.2, 0.25) is 5.91 Å². The molecular weight excluding hydrogens is 288 g/mol. The average molecular weight is 306 g/mol. The van der Waals surface area contributed by atoms with Gasteiger partial charge < -0.3 is 16.4 Å². The predicted molar refractivity (Wildman–Crippen MR) is 84.6 cm³/mol. The van der Waals surface area contributed by atoms with Crippen LogP contribution in [0.4, 0.5) is 5.69 Å². The first-order valence-electron chi connectivity index (χ1n) is 6.74. The molecule has 0 aliphatic carbocycles. The molecule has 0 saturated carbocycles. The van der Waals surface area contributed by atoms with Crippen molar-refractivity contribution in [3.63, 3.8) is 0 Å². The summed E-state index contributed by atoms with van der Waals surface area (Å²) in [5, 5.41) is 0. The maximum absolute atomic E-state index is 12.1. The molecule has 1 heterocycles. The van der Waals surface area contributed by atoms with Crippen molar-refractivity contribution in [1.82, 2.24) is 0 Å². The van der Waals surface area contributed by atoms with E-state index < -0.39 is 5.91 Å². The first kappa shape index (κ1) is 15.4. The highest BCUT2D eigenvalue weighted by atomic mass is 32.2. The van der Waals surface area contributed by atoms with Crippen molar-refractivity contribution < 1.29 is 9.59 Å². The molecule has 0 bridgehead atoms. The zero-order chi connectivity index (χ0) is 15.4. The van der Waals surface area contributed by atoms with Crippen LogP contribution in [0.2, 0.25) is 0 Å². The summed E-state index contributed by atoms with van der Waals surface area (Å²) in [5.41, 5.74) is 11.6. The molecule has 4 N–H and O–H groups in total. The van der Waals surface area contributed by atoms with Crippen LogP contribution in [0.3, 0.4) is 0 Å². The number of hydrogen-bond acceptors (Lipinski definition) is 3. The Kier molecular flexibility index (Phi) is 4.85. The second kappa shape index (κ2) is 6.62. The lowest BCUT2D eigenvalue weighted by Gasteiger charge is -2.29. The van der Waals surface area contributed by atoms with E-state index in [9.17, 15) is 9.59 Å². The number of unbranched alkanes of at least 4 members (excludes halogenated alkanes) is 1. The molecule has 0 fully saturated rings. The Bertz CT molecular complexity index is 597. The summed E-state index contributed by atoms with van der Waals surface area (Å²) in [5.74, 6) is -0.285. The number of rotatable bonds is 4. The van der Waals surface area contributed by atoms with Gasteiger partial charge in [-0.05, 0) is 24.6 Å². The summed E-state index contributed by atoms with van der Waals surface area (Å²) in [7, 11) is 0. The summed E-state index contributed by atoms with van der Waals surface area (Å²) in [6.45, 7) is 2.73. The molecule has 1 aromatic rings. The zero-order valence-electron chi connectivity index (χ0n) is 11.8. The lowest BCUT2D eigenvalue weighted by atomic mass is 10.1. The molecule has 7 heteroatoms. The van der Waals surface area contributed by atoms with Crippen molar-refractivity contribution in [2.45, 2.75) is 24.7 Å². The molecule has 0 saturated heterocycles. The lowest BCUT2D eigenvalue weighted by molar-refractivity contribution is -0.116. The number of anilines is 1. The average Bonchev–Trinajstić information content (AvgIpc) is 2.45. The molecule has 2 amide bonds. The summed E-state index contributed by atoms with van der Waals surface area (Å²) < 4.78 is 0. The van der Waals surface area contributed by atoms with E-state index in [0.717, 1.165) is 23.4 Å². The summed E-state index contributed by atoms with van der Waals surface area (Å²) >= 11 is 1.48. The lowest BCUT2D eigenvalue weighted by Crippen LogP contribution is -2.36. The highest BCUT2D eigenvalue weighted by molar-refractivity contribution is 8.00. The summed E-state index contributed by atoms with van der Waals surface area (Å²) in [4.78, 5) is 30.2. The molecule has 0 atom stereocenters. The molecule has 2 rings (SSSR count). The van der Waals surface area contributed by atoms with Crippen molar-refractivity contribution in [3.8, 4) is 0 Å². The Morgan fingerprint density at radius 1 is 1.43 bits per heavy atom. The Morgan fingerprint density at radius 3 is 2.86 bits per heavy atom. The highest BCUT2D eigenvalue weighted by Crippen LogP contribution is 2.36. The smallest absolute Gasteiger partial charge is 0.280 e. The molecule has 6 nitrogen and oxygen atoms in total. The third-order valence-corrected chi connectivity index (χ3v) is 4.16. The summed E-state index contributed by atoms with van der Waals surface area (Å²) in [6, 6.07) is 5.19. The first-order chi connectivity index (χ1) is 10.0. The fourth-order valence-electron chi connectivity index (χ4n) is 2.08. The number of thioether (sulfide) groups is 1. The summed E-state index contributed by atoms with van der Waals surface area (Å²) in [6.07, 6.45) is 1.92. The molecule has 1 aliphatic heterocycles. The van der Waals surface area contributed by atoms with E-state index in [1.807, 2.05) is 6.07 Å². The number of guanidine groups is 1. The van der Waals surface area contributed by atoms with Crippen LogP contribution in [-0.2, 0) is 4.79 Å². The molecule has 1 aromatic carbocycles. The molecule has 21 heavy (non-hydrogen) atoms. The minimum atomic E-state index is -0.503. The second-order valence-electron chi connectivity index (χ2n) is 4.71. The largest absolute Gasteiger partial charge is 0.370 e. The zero-order valence-corrected chi connectivity index (χ0v) is 12.7. The van der Waals surface area contributed by atoms with E-state index >= 15 is 0 Å². The Morgan fingerprint density at radius 2 is 2.19 bits per heavy atom. The van der Waals surface area contributed by atoms with Crippen molar-refractivity contribution in [2.75, 3.05) is 17.2 Å². The first-order valence-corrected chi connectivity index (χ1v) is 7.72. The standard InChI is InChI=1S/C14H18N4O2S/c1-2-3-6-18-10-7-9(13(20)17-14(15)16)4-5-11(10)21-8-12(18)19/h4-5,7H,2-3,6,8H2,1H3,(H4,15,16,17,20). The van der Waals surface area contributed by atoms with Crippen molar-refractivity contribution in [1.29, 1.82) is 0 Å². The van der Waals surface area contributed by atoms with Gasteiger partial charge in [-0.2, -0.15) is 4.99 Å². The molecule has 0 unspecified atom stereocenters. The Labute approximate surface area is 127 Å². The fourth-order valence-corrected chi connectivity index (χ4v) is 2.99. The molecule has 112 valence electrons. The van der Waals surface area contributed by atoms with Gasteiger partial charge in [0.05, 0.1) is 11.4 Å². The predicted octanol–water partition coefficient (Wildman–Crippen LogP) is 1.34. The number of fused-ring (bicyclic) bond motifs is 1. The second-order valence-corrected chi connectivity index (χ2v) is 5.73. The van der Waals surface area contributed by atoms with Gasteiger partial charge in [0.25, 0.3) is 5.91 Å². The van der Waals surface area contributed by atoms with E-state index in [4.69, 9.17) is 11.5 Å². The van der Waals surface area contributed by atoms with E-state index in [1.165, 1.54) is 11.8 Å². The highest BCUT2D eigenvalue weighted by Gasteiger charge is 2.25. The number of hydrogen-bond donors (Lipinski definition) is 2. The number of amides is 2. The SMILES string of the molecule is CCCCN1C(=O)CSc2ccc(C(=O)N=C(N)N)cc21. The number of benzene rings is 1. The maximum Gasteiger partial charge on any atom is 0.280 e. The van der Waals surface area contributed by atoms with E-state index in [0.29, 0.717) is 17.9 Å². The van der Waals surface area contributed by atoms with Crippen LogP contribution >= 0.6 is 11.8 Å². The van der Waals surface area contributed by atoms with E-state index in [1.54, 1.807) is 17.0 Å². The molecule has 0 spiro atoms. The van der Waals surface area contributed by atoms with Crippen LogP contribution in [0, 0.1) is 0 Å². The quantitative estimate of drug-likeness (QED) is 0.645. The van der Waals surface area contributed by atoms with Crippen LogP contribution in [0.25, 0.3) is 0 Å². The third-order valence-electron chi connectivity index (χ3n) is 3.11. The Balaban J connectivity index is 2.35. The van der Waals surface area contributed by atoms with Crippen molar-refractivity contribution in [2.24, 2.45) is 16.5 Å². The number of aliphatic imine (C=N–C) groups is 1. The van der Waals surface area contributed by atoms with Crippen LogP contribution < -0.4 is 16.4 Å². The number of carbonyl (C=O) groups is 2. The molecular formula is C14H18N4O2S. The van der Waals surface area contributed by atoms with Crippen LogP contribution in [0.15, 0.2) is 28.1 Å². The maximum atomic E-state index is 12.1. The van der Waals surface area contributed by atoms with Crippen molar-refractivity contribution >= 4 is 35.2 Å². The van der Waals surface area contributed by atoms with Gasteiger partial charge in [-0.3, -0.25) is 9.59 Å². The van der Waals surface area contributed by atoms with Crippen LogP contribution in [-0.4, -0.2) is 30.1 Å². The van der Waals surface area contributed by atoms with E-state index in [2.05, 4.69) is 11.9 Å². The topological polar surface area (TPSA) is 102 Å². The molecule has 0 radical (unpaired) electrons. The number of carbonyl (C=O) groups excluding carboxylic acids is 2. The van der Waals surface area contributed by atoms with Gasteiger partial charge in [0.15, 0.2) is 5.96 Å². The number of nitrogens with two attached hydrogens (primary N) is 2. The third kappa shape index (κ3) is 3.55. The fraction of sp³-hybridized carbons (Fsp3) is 0.357. The minimum absolute atomic E-state index is 0.0624.